The Labute approximate surface area is 94.2 Å². The summed E-state index contributed by atoms with van der Waals surface area (Å²) in [6.07, 6.45) is 0. The number of hydrogen-bond donors (Lipinski definition) is 2. The van der Waals surface area contributed by atoms with Crippen molar-refractivity contribution in [2.45, 2.75) is 24.3 Å². The zero-order chi connectivity index (χ0) is 12.4. The zero-order valence-electron chi connectivity index (χ0n) is 9.07. The van der Waals surface area contributed by atoms with Crippen LogP contribution in [-0.2, 0) is 10.0 Å². The number of nitrogens with one attached hydrogen (secondary N) is 1. The van der Waals surface area contributed by atoms with Gasteiger partial charge < -0.3 is 5.11 Å². The largest absolute Gasteiger partial charge is 0.389 e. The Hall–Kier alpha value is -0.980. The number of halogens is 1. The van der Waals surface area contributed by atoms with Crippen LogP contribution in [0.3, 0.4) is 0 Å². The van der Waals surface area contributed by atoms with Crippen LogP contribution in [0.25, 0.3) is 0 Å². The minimum absolute atomic E-state index is 0.177. The molecule has 16 heavy (non-hydrogen) atoms. The van der Waals surface area contributed by atoms with Crippen molar-refractivity contribution in [3.8, 4) is 0 Å². The maximum absolute atomic E-state index is 13.2. The van der Waals surface area contributed by atoms with Crippen LogP contribution >= 0.6 is 0 Å². The fraction of sp³-hybridized carbons (Fsp3) is 0.400. The van der Waals surface area contributed by atoms with Gasteiger partial charge in [-0.3, -0.25) is 0 Å². The number of benzene rings is 1. The lowest BCUT2D eigenvalue weighted by atomic mass is 10.1. The second-order valence-electron chi connectivity index (χ2n) is 4.07. The summed E-state index contributed by atoms with van der Waals surface area (Å²) in [5.74, 6) is -0.814. The van der Waals surface area contributed by atoms with E-state index in [1.807, 2.05) is 0 Å². The third kappa shape index (κ3) is 3.55. The van der Waals surface area contributed by atoms with Gasteiger partial charge >= 0.3 is 0 Å². The van der Waals surface area contributed by atoms with Crippen molar-refractivity contribution in [1.29, 1.82) is 0 Å². The summed E-state index contributed by atoms with van der Waals surface area (Å²) >= 11 is 0. The Bertz CT molecular complexity index is 465. The van der Waals surface area contributed by atoms with Gasteiger partial charge in [-0.1, -0.05) is 12.1 Å². The lowest BCUT2D eigenvalue weighted by Gasteiger charge is -2.17. The Morgan fingerprint density at radius 1 is 1.38 bits per heavy atom. The monoisotopic (exact) mass is 247 g/mol. The van der Waals surface area contributed by atoms with Crippen molar-refractivity contribution in [3.63, 3.8) is 0 Å². The van der Waals surface area contributed by atoms with Crippen LogP contribution in [0.5, 0.6) is 0 Å². The van der Waals surface area contributed by atoms with Gasteiger partial charge in [-0.2, -0.15) is 0 Å². The van der Waals surface area contributed by atoms with E-state index in [2.05, 4.69) is 4.72 Å². The molecule has 1 rings (SSSR count). The van der Waals surface area contributed by atoms with Gasteiger partial charge in [-0.15, -0.1) is 0 Å². The zero-order valence-corrected chi connectivity index (χ0v) is 9.88. The Morgan fingerprint density at radius 2 is 1.94 bits per heavy atom. The molecular weight excluding hydrogens is 233 g/mol. The van der Waals surface area contributed by atoms with E-state index in [1.165, 1.54) is 32.0 Å². The summed E-state index contributed by atoms with van der Waals surface area (Å²) in [5.41, 5.74) is -1.18. The Balaban J connectivity index is 2.92. The molecule has 0 fully saturated rings. The van der Waals surface area contributed by atoms with Crippen molar-refractivity contribution in [3.05, 3.63) is 30.1 Å². The summed E-state index contributed by atoms with van der Waals surface area (Å²) in [4.78, 5) is -0.417. The van der Waals surface area contributed by atoms with E-state index in [1.54, 1.807) is 0 Å². The van der Waals surface area contributed by atoms with Crippen molar-refractivity contribution in [2.24, 2.45) is 0 Å². The second-order valence-corrected chi connectivity index (χ2v) is 5.80. The minimum Gasteiger partial charge on any atom is -0.389 e. The second kappa shape index (κ2) is 4.48. The van der Waals surface area contributed by atoms with Gasteiger partial charge in [0.15, 0.2) is 0 Å². The van der Waals surface area contributed by atoms with Crippen molar-refractivity contribution >= 4 is 10.0 Å². The SMILES string of the molecule is CC(C)(O)CNS(=O)(=O)c1ccccc1F. The van der Waals surface area contributed by atoms with Crippen LogP contribution in [0.2, 0.25) is 0 Å². The predicted molar refractivity (Wildman–Crippen MR) is 57.9 cm³/mol. The molecule has 0 spiro atoms. The fourth-order valence-electron chi connectivity index (χ4n) is 1.01. The molecule has 4 nitrogen and oxygen atoms in total. The minimum atomic E-state index is -3.91. The molecule has 1 aromatic rings. The first-order chi connectivity index (χ1) is 7.22. The standard InChI is InChI=1S/C10H14FNO3S/c1-10(2,13)7-12-16(14,15)9-6-4-3-5-8(9)11/h3-6,12-13H,7H2,1-2H3. The van der Waals surface area contributed by atoms with E-state index >= 15 is 0 Å². The predicted octanol–water partition coefficient (Wildman–Crippen LogP) is 0.875. The summed E-state index contributed by atoms with van der Waals surface area (Å²) in [6.45, 7) is 2.73. The molecule has 0 saturated heterocycles. The lowest BCUT2D eigenvalue weighted by Crippen LogP contribution is -2.38. The average molecular weight is 247 g/mol. The maximum atomic E-state index is 13.2. The third-order valence-electron chi connectivity index (χ3n) is 1.82. The molecule has 0 unspecified atom stereocenters. The molecule has 2 N–H and O–H groups in total. The first kappa shape index (κ1) is 13.1. The molecule has 0 amide bonds. The van der Waals surface area contributed by atoms with Crippen LogP contribution < -0.4 is 4.72 Å². The molecule has 0 aliphatic carbocycles. The van der Waals surface area contributed by atoms with Gasteiger partial charge in [0.1, 0.15) is 10.7 Å². The summed E-state index contributed by atoms with van der Waals surface area (Å²) in [6, 6.07) is 5.08. The van der Waals surface area contributed by atoms with Gasteiger partial charge in [-0.25, -0.2) is 17.5 Å². The highest BCUT2D eigenvalue weighted by Crippen LogP contribution is 2.13. The van der Waals surface area contributed by atoms with E-state index in [0.29, 0.717) is 0 Å². The quantitative estimate of drug-likeness (QED) is 0.830. The molecule has 0 heterocycles. The molecule has 6 heteroatoms. The molecule has 0 aliphatic heterocycles. The molecule has 0 atom stereocenters. The molecule has 0 radical (unpaired) electrons. The molecule has 0 aliphatic rings. The fourth-order valence-corrected chi connectivity index (χ4v) is 2.29. The first-order valence-electron chi connectivity index (χ1n) is 4.69. The van der Waals surface area contributed by atoms with E-state index in [-0.39, 0.29) is 6.54 Å². The number of rotatable bonds is 4. The van der Waals surface area contributed by atoms with Gasteiger partial charge in [0.2, 0.25) is 10.0 Å². The van der Waals surface area contributed by atoms with Crippen molar-refractivity contribution in [1.82, 2.24) is 4.72 Å². The molecule has 0 bridgehead atoms. The third-order valence-corrected chi connectivity index (χ3v) is 3.26. The number of aliphatic hydroxyl groups is 1. The summed E-state index contributed by atoms with van der Waals surface area (Å²) in [5, 5.41) is 9.38. The number of sulfonamides is 1. The highest BCUT2D eigenvalue weighted by molar-refractivity contribution is 7.89. The Kier molecular flexibility index (Phi) is 3.67. The Morgan fingerprint density at radius 3 is 2.44 bits per heavy atom. The molecule has 0 saturated carbocycles. The van der Waals surface area contributed by atoms with Crippen LogP contribution in [-0.4, -0.2) is 25.7 Å². The first-order valence-corrected chi connectivity index (χ1v) is 6.17. The van der Waals surface area contributed by atoms with Gasteiger partial charge in [-0.05, 0) is 26.0 Å². The molecule has 1 aromatic carbocycles. The van der Waals surface area contributed by atoms with Crippen LogP contribution in [0, 0.1) is 5.82 Å². The molecule has 0 aromatic heterocycles. The van der Waals surface area contributed by atoms with Crippen molar-refractivity contribution < 1.29 is 17.9 Å². The molecule has 90 valence electrons. The summed E-state index contributed by atoms with van der Waals surface area (Å²) in [7, 11) is -3.91. The summed E-state index contributed by atoms with van der Waals surface area (Å²) < 4.78 is 38.6. The van der Waals surface area contributed by atoms with Crippen LogP contribution in [0.15, 0.2) is 29.2 Å². The van der Waals surface area contributed by atoms with Gasteiger partial charge in [0.05, 0.1) is 5.60 Å². The smallest absolute Gasteiger partial charge is 0.243 e. The normalized spacial score (nSPS) is 12.8. The number of hydrogen-bond acceptors (Lipinski definition) is 3. The van der Waals surface area contributed by atoms with Gasteiger partial charge in [0, 0.05) is 6.54 Å². The topological polar surface area (TPSA) is 66.4 Å². The van der Waals surface area contributed by atoms with E-state index in [4.69, 9.17) is 0 Å². The lowest BCUT2D eigenvalue weighted by molar-refractivity contribution is 0.0857. The van der Waals surface area contributed by atoms with Gasteiger partial charge in [0.25, 0.3) is 0 Å². The van der Waals surface area contributed by atoms with Crippen LogP contribution in [0.1, 0.15) is 13.8 Å². The van der Waals surface area contributed by atoms with E-state index in [9.17, 15) is 17.9 Å². The highest BCUT2D eigenvalue weighted by Gasteiger charge is 2.21. The highest BCUT2D eigenvalue weighted by atomic mass is 32.2. The average Bonchev–Trinajstić information content (AvgIpc) is 2.14. The maximum Gasteiger partial charge on any atom is 0.243 e. The molecular formula is C10H14FNO3S. The van der Waals surface area contributed by atoms with Crippen molar-refractivity contribution in [2.75, 3.05) is 6.54 Å². The van der Waals surface area contributed by atoms with Crippen LogP contribution in [0.4, 0.5) is 4.39 Å². The van der Waals surface area contributed by atoms with E-state index in [0.717, 1.165) is 6.07 Å². The van der Waals surface area contributed by atoms with E-state index < -0.39 is 26.3 Å².